The van der Waals surface area contributed by atoms with Crippen molar-refractivity contribution in [2.45, 2.75) is 12.3 Å². The number of hydrogen-bond acceptors (Lipinski definition) is 2. The molecule has 7 heteroatoms. The SMILES string of the molecule is Oc1cccc(OC(F)(F)C(F)(F)F)c1. The van der Waals surface area contributed by atoms with Crippen molar-refractivity contribution in [2.24, 2.45) is 0 Å². The number of hydrogen-bond donors (Lipinski definition) is 1. The summed E-state index contributed by atoms with van der Waals surface area (Å²) in [6.07, 6.45) is -11.1. The highest BCUT2D eigenvalue weighted by atomic mass is 19.4. The van der Waals surface area contributed by atoms with Crippen LogP contribution in [-0.2, 0) is 0 Å². The lowest BCUT2D eigenvalue weighted by atomic mass is 10.3. The Balaban J connectivity index is 2.87. The van der Waals surface area contributed by atoms with Crippen LogP contribution in [0.1, 0.15) is 0 Å². The number of halogens is 5. The Hall–Kier alpha value is -1.53. The smallest absolute Gasteiger partial charge is 0.499 e. The molecule has 0 aromatic heterocycles. The molecule has 84 valence electrons. The van der Waals surface area contributed by atoms with Gasteiger partial charge in [0.25, 0.3) is 0 Å². The molecule has 0 aliphatic heterocycles. The van der Waals surface area contributed by atoms with Crippen LogP contribution in [0, 0.1) is 0 Å². The van der Waals surface area contributed by atoms with Crippen molar-refractivity contribution in [1.82, 2.24) is 0 Å². The van der Waals surface area contributed by atoms with Crippen molar-refractivity contribution >= 4 is 0 Å². The summed E-state index contributed by atoms with van der Waals surface area (Å²) in [5.41, 5.74) is 0. The molecular formula is C8H5F5O2. The second-order valence-corrected chi connectivity index (χ2v) is 2.61. The average Bonchev–Trinajstić information content (AvgIpc) is 2.00. The van der Waals surface area contributed by atoms with E-state index in [9.17, 15) is 22.0 Å². The molecule has 1 aromatic carbocycles. The second-order valence-electron chi connectivity index (χ2n) is 2.61. The average molecular weight is 228 g/mol. The summed E-state index contributed by atoms with van der Waals surface area (Å²) in [5.74, 6) is -1.23. The standard InChI is InChI=1S/C8H5F5O2/c9-7(10,11)8(12,13)15-6-3-1-2-5(14)4-6/h1-4,14H. The first-order chi connectivity index (χ1) is 6.72. The first-order valence-electron chi connectivity index (χ1n) is 3.65. The van der Waals surface area contributed by atoms with Crippen LogP contribution >= 0.6 is 0 Å². The zero-order valence-electron chi connectivity index (χ0n) is 7.05. The Morgan fingerprint density at radius 3 is 2.13 bits per heavy atom. The zero-order chi connectivity index (χ0) is 11.7. The largest absolute Gasteiger partial charge is 0.508 e. The fourth-order valence-corrected chi connectivity index (χ4v) is 0.753. The van der Waals surface area contributed by atoms with Gasteiger partial charge in [-0.1, -0.05) is 6.07 Å². The lowest BCUT2D eigenvalue weighted by Crippen LogP contribution is -2.41. The molecule has 0 heterocycles. The topological polar surface area (TPSA) is 29.5 Å². The molecule has 0 radical (unpaired) electrons. The molecule has 0 bridgehead atoms. The van der Waals surface area contributed by atoms with E-state index in [1.165, 1.54) is 0 Å². The maximum absolute atomic E-state index is 12.3. The van der Waals surface area contributed by atoms with Gasteiger partial charge in [0.1, 0.15) is 11.5 Å². The molecule has 0 aliphatic rings. The van der Waals surface area contributed by atoms with Crippen molar-refractivity contribution in [3.8, 4) is 11.5 Å². The van der Waals surface area contributed by atoms with E-state index in [4.69, 9.17) is 5.11 Å². The molecule has 0 fully saturated rings. The second kappa shape index (κ2) is 3.56. The Labute approximate surface area is 80.9 Å². The maximum Gasteiger partial charge on any atom is 0.499 e. The Kier molecular flexibility index (Phi) is 2.74. The Morgan fingerprint density at radius 2 is 1.67 bits per heavy atom. The van der Waals surface area contributed by atoms with Gasteiger partial charge in [0.05, 0.1) is 0 Å². The van der Waals surface area contributed by atoms with E-state index in [1.54, 1.807) is 0 Å². The monoisotopic (exact) mass is 228 g/mol. The highest BCUT2D eigenvalue weighted by Crippen LogP contribution is 2.37. The van der Waals surface area contributed by atoms with E-state index in [0.29, 0.717) is 6.07 Å². The third-order valence-corrected chi connectivity index (χ3v) is 1.39. The summed E-state index contributed by atoms with van der Waals surface area (Å²) in [6, 6.07) is 3.72. The minimum atomic E-state index is -5.79. The van der Waals surface area contributed by atoms with Crippen LogP contribution in [0.15, 0.2) is 24.3 Å². The summed E-state index contributed by atoms with van der Waals surface area (Å²) >= 11 is 0. The summed E-state index contributed by atoms with van der Waals surface area (Å²) < 4.78 is 63.1. The summed E-state index contributed by atoms with van der Waals surface area (Å²) in [7, 11) is 0. The van der Waals surface area contributed by atoms with Crippen LogP contribution in [0.4, 0.5) is 22.0 Å². The third-order valence-electron chi connectivity index (χ3n) is 1.39. The molecule has 0 saturated carbocycles. The first-order valence-corrected chi connectivity index (χ1v) is 3.65. The van der Waals surface area contributed by atoms with Gasteiger partial charge in [-0.15, -0.1) is 0 Å². The number of benzene rings is 1. The van der Waals surface area contributed by atoms with Gasteiger partial charge in [0.2, 0.25) is 0 Å². The van der Waals surface area contributed by atoms with Gasteiger partial charge in [0, 0.05) is 6.07 Å². The van der Waals surface area contributed by atoms with Crippen LogP contribution in [0.5, 0.6) is 11.5 Å². The molecule has 0 spiro atoms. The van der Waals surface area contributed by atoms with Gasteiger partial charge in [-0.2, -0.15) is 22.0 Å². The van der Waals surface area contributed by atoms with Crippen LogP contribution < -0.4 is 4.74 Å². The quantitative estimate of drug-likeness (QED) is 0.788. The van der Waals surface area contributed by atoms with Crippen LogP contribution in [-0.4, -0.2) is 17.4 Å². The van der Waals surface area contributed by atoms with E-state index in [2.05, 4.69) is 4.74 Å². The van der Waals surface area contributed by atoms with E-state index in [-0.39, 0.29) is 0 Å². The minimum absolute atomic E-state index is 0.467. The molecular weight excluding hydrogens is 223 g/mol. The predicted molar refractivity (Wildman–Crippen MR) is 39.7 cm³/mol. The molecule has 0 saturated heterocycles. The summed E-state index contributed by atoms with van der Waals surface area (Å²) in [4.78, 5) is 0. The van der Waals surface area contributed by atoms with Gasteiger partial charge in [-0.05, 0) is 12.1 Å². The zero-order valence-corrected chi connectivity index (χ0v) is 7.05. The fourth-order valence-electron chi connectivity index (χ4n) is 0.753. The molecule has 0 aliphatic carbocycles. The number of phenols is 1. The fraction of sp³-hybridized carbons (Fsp3) is 0.250. The lowest BCUT2D eigenvalue weighted by molar-refractivity contribution is -0.360. The van der Waals surface area contributed by atoms with Gasteiger partial charge < -0.3 is 9.84 Å². The van der Waals surface area contributed by atoms with Gasteiger partial charge in [0.15, 0.2) is 0 Å². The normalized spacial score (nSPS) is 12.6. The van der Waals surface area contributed by atoms with Crippen molar-refractivity contribution in [3.63, 3.8) is 0 Å². The van der Waals surface area contributed by atoms with E-state index in [1.807, 2.05) is 0 Å². The van der Waals surface area contributed by atoms with Crippen LogP contribution in [0.3, 0.4) is 0 Å². The minimum Gasteiger partial charge on any atom is -0.508 e. The molecule has 1 rings (SSSR count). The van der Waals surface area contributed by atoms with Gasteiger partial charge in [-0.25, -0.2) is 0 Å². The van der Waals surface area contributed by atoms with E-state index >= 15 is 0 Å². The number of ether oxygens (including phenoxy) is 1. The van der Waals surface area contributed by atoms with Crippen molar-refractivity contribution in [3.05, 3.63) is 24.3 Å². The lowest BCUT2D eigenvalue weighted by Gasteiger charge is -2.19. The van der Waals surface area contributed by atoms with E-state index < -0.39 is 23.8 Å². The highest BCUT2D eigenvalue weighted by Gasteiger charge is 2.61. The number of rotatable bonds is 2. The van der Waals surface area contributed by atoms with Crippen LogP contribution in [0.25, 0.3) is 0 Å². The molecule has 1 N–H and O–H groups in total. The highest BCUT2D eigenvalue weighted by molar-refractivity contribution is 5.31. The van der Waals surface area contributed by atoms with Crippen molar-refractivity contribution in [1.29, 1.82) is 0 Å². The summed E-state index contributed by atoms with van der Waals surface area (Å²) in [5, 5.41) is 8.81. The predicted octanol–water partition coefficient (Wildman–Crippen LogP) is 2.93. The molecule has 15 heavy (non-hydrogen) atoms. The number of alkyl halides is 5. The van der Waals surface area contributed by atoms with Crippen LogP contribution in [0.2, 0.25) is 0 Å². The number of aromatic hydroxyl groups is 1. The molecule has 1 aromatic rings. The molecule has 2 nitrogen and oxygen atoms in total. The first kappa shape index (κ1) is 11.5. The molecule has 0 atom stereocenters. The van der Waals surface area contributed by atoms with Gasteiger partial charge in [-0.3, -0.25) is 0 Å². The molecule has 0 amide bonds. The Morgan fingerprint density at radius 1 is 1.07 bits per heavy atom. The van der Waals surface area contributed by atoms with Gasteiger partial charge >= 0.3 is 12.3 Å². The van der Waals surface area contributed by atoms with Crippen molar-refractivity contribution in [2.75, 3.05) is 0 Å². The maximum atomic E-state index is 12.3. The summed E-state index contributed by atoms with van der Waals surface area (Å²) in [6.45, 7) is 0. The van der Waals surface area contributed by atoms with Crippen molar-refractivity contribution < 1.29 is 31.8 Å². The molecule has 0 unspecified atom stereocenters. The van der Waals surface area contributed by atoms with E-state index in [0.717, 1.165) is 18.2 Å². The number of phenolic OH excluding ortho intramolecular Hbond substituents is 1. The third kappa shape index (κ3) is 2.71. The Bertz CT molecular complexity index is 347.